The average molecular weight is 288 g/mol. The molecule has 0 heterocycles. The molecule has 1 aromatic carbocycles. The Balaban J connectivity index is 2.81. The van der Waals surface area contributed by atoms with Crippen molar-refractivity contribution in [2.45, 2.75) is 39.0 Å². The summed E-state index contributed by atoms with van der Waals surface area (Å²) in [5, 5.41) is 2.47. The van der Waals surface area contributed by atoms with E-state index in [2.05, 4.69) is 10.0 Å². The van der Waals surface area contributed by atoms with E-state index in [0.717, 1.165) is 0 Å². The van der Waals surface area contributed by atoms with Gasteiger partial charge in [0.1, 0.15) is 5.82 Å². The van der Waals surface area contributed by atoms with Gasteiger partial charge in [-0.1, -0.05) is 19.9 Å². The van der Waals surface area contributed by atoms with Gasteiger partial charge in [-0.05, 0) is 31.5 Å². The van der Waals surface area contributed by atoms with Crippen LogP contribution in [0.15, 0.2) is 18.2 Å². The van der Waals surface area contributed by atoms with Gasteiger partial charge in [-0.3, -0.25) is 4.72 Å². The molecule has 0 aromatic heterocycles. The highest BCUT2D eigenvalue weighted by atomic mass is 32.2. The molecule has 1 unspecified atom stereocenters. The molecule has 6 heteroatoms. The molecule has 0 radical (unpaired) electrons. The van der Waals surface area contributed by atoms with Crippen molar-refractivity contribution in [3.05, 3.63) is 29.6 Å². The highest BCUT2D eigenvalue weighted by Crippen LogP contribution is 2.18. The predicted octanol–water partition coefficient (Wildman–Crippen LogP) is 2.26. The first-order valence-electron chi connectivity index (χ1n) is 6.23. The minimum atomic E-state index is -3.53. The van der Waals surface area contributed by atoms with E-state index in [-0.39, 0.29) is 11.7 Å². The fraction of sp³-hybridized carbons (Fsp3) is 0.538. The first-order chi connectivity index (χ1) is 8.72. The molecule has 0 saturated heterocycles. The second-order valence-electron chi connectivity index (χ2n) is 4.98. The Bertz CT molecular complexity index is 529. The lowest BCUT2D eigenvalue weighted by molar-refractivity contribution is 0.553. The van der Waals surface area contributed by atoms with Gasteiger partial charge in [0.2, 0.25) is 10.0 Å². The van der Waals surface area contributed by atoms with Crippen LogP contribution in [-0.4, -0.2) is 26.3 Å². The van der Waals surface area contributed by atoms with Crippen LogP contribution in [0.5, 0.6) is 0 Å². The number of hydrogen-bond acceptors (Lipinski definition) is 3. The second kappa shape index (κ2) is 6.34. The SMILES string of the molecule is Cc1ccc(F)cc1NS(=O)(=O)C(C)CNC(C)C. The summed E-state index contributed by atoms with van der Waals surface area (Å²) in [7, 11) is -3.53. The smallest absolute Gasteiger partial charge is 0.236 e. The Morgan fingerprint density at radius 1 is 1.26 bits per heavy atom. The molecular formula is C13H21FN2O2S. The quantitative estimate of drug-likeness (QED) is 0.844. The third-order valence-electron chi connectivity index (χ3n) is 2.80. The lowest BCUT2D eigenvalue weighted by Crippen LogP contribution is -2.37. The molecule has 0 aliphatic carbocycles. The van der Waals surface area contributed by atoms with Gasteiger partial charge in [0.05, 0.1) is 10.9 Å². The van der Waals surface area contributed by atoms with Crippen LogP contribution in [0.1, 0.15) is 26.3 Å². The van der Waals surface area contributed by atoms with Crippen LogP contribution in [-0.2, 0) is 10.0 Å². The third kappa shape index (κ3) is 4.80. The first-order valence-corrected chi connectivity index (χ1v) is 7.78. The molecule has 0 bridgehead atoms. The number of anilines is 1. The molecule has 19 heavy (non-hydrogen) atoms. The van der Waals surface area contributed by atoms with E-state index in [1.807, 2.05) is 13.8 Å². The van der Waals surface area contributed by atoms with Crippen LogP contribution >= 0.6 is 0 Å². The van der Waals surface area contributed by atoms with Crippen LogP contribution in [0.25, 0.3) is 0 Å². The Hall–Kier alpha value is -1.14. The van der Waals surface area contributed by atoms with Gasteiger partial charge in [0, 0.05) is 12.6 Å². The molecule has 108 valence electrons. The highest BCUT2D eigenvalue weighted by Gasteiger charge is 2.21. The molecule has 2 N–H and O–H groups in total. The van der Waals surface area contributed by atoms with Gasteiger partial charge in [-0.2, -0.15) is 0 Å². The highest BCUT2D eigenvalue weighted by molar-refractivity contribution is 7.93. The van der Waals surface area contributed by atoms with E-state index >= 15 is 0 Å². The number of aryl methyl sites for hydroxylation is 1. The van der Waals surface area contributed by atoms with Crippen LogP contribution in [0.4, 0.5) is 10.1 Å². The molecule has 1 aromatic rings. The van der Waals surface area contributed by atoms with Crippen molar-refractivity contribution in [2.75, 3.05) is 11.3 Å². The van der Waals surface area contributed by atoms with Crippen molar-refractivity contribution < 1.29 is 12.8 Å². The van der Waals surface area contributed by atoms with Crippen LogP contribution in [0.3, 0.4) is 0 Å². The zero-order chi connectivity index (χ0) is 14.6. The van der Waals surface area contributed by atoms with Gasteiger partial charge >= 0.3 is 0 Å². The minimum absolute atomic E-state index is 0.216. The molecule has 0 spiro atoms. The number of benzene rings is 1. The number of halogens is 1. The van der Waals surface area contributed by atoms with Crippen LogP contribution < -0.4 is 10.0 Å². The monoisotopic (exact) mass is 288 g/mol. The van der Waals surface area contributed by atoms with E-state index in [4.69, 9.17) is 0 Å². The van der Waals surface area contributed by atoms with E-state index < -0.39 is 21.1 Å². The molecule has 0 fully saturated rings. The standard InChI is InChI=1S/C13H21FN2O2S/c1-9(2)15-8-11(4)19(17,18)16-13-7-12(14)6-5-10(13)3/h5-7,9,11,15-16H,8H2,1-4H3. The molecule has 0 amide bonds. The zero-order valence-corrected chi connectivity index (χ0v) is 12.5. The van der Waals surface area contributed by atoms with Crippen molar-refractivity contribution >= 4 is 15.7 Å². The lowest BCUT2D eigenvalue weighted by Gasteiger charge is -2.18. The van der Waals surface area contributed by atoms with Crippen LogP contribution in [0.2, 0.25) is 0 Å². The summed E-state index contributed by atoms with van der Waals surface area (Å²) < 4.78 is 39.8. The third-order valence-corrected chi connectivity index (χ3v) is 4.53. The summed E-state index contributed by atoms with van der Waals surface area (Å²) in [6.07, 6.45) is 0. The Labute approximate surface area is 114 Å². The first kappa shape index (κ1) is 15.9. The van der Waals surface area contributed by atoms with E-state index in [0.29, 0.717) is 12.1 Å². The van der Waals surface area contributed by atoms with Crippen LogP contribution in [0, 0.1) is 12.7 Å². The fourth-order valence-corrected chi connectivity index (χ4v) is 2.51. The number of nitrogens with one attached hydrogen (secondary N) is 2. The van der Waals surface area contributed by atoms with E-state index in [1.165, 1.54) is 12.1 Å². The summed E-state index contributed by atoms with van der Waals surface area (Å²) in [5.41, 5.74) is 0.977. The minimum Gasteiger partial charge on any atom is -0.313 e. The maximum Gasteiger partial charge on any atom is 0.236 e. The Morgan fingerprint density at radius 2 is 1.89 bits per heavy atom. The molecular weight excluding hydrogens is 267 g/mol. The number of hydrogen-bond donors (Lipinski definition) is 2. The van der Waals surface area contributed by atoms with Crippen molar-refractivity contribution in [1.82, 2.24) is 5.32 Å². The summed E-state index contributed by atoms with van der Waals surface area (Å²) in [6, 6.07) is 4.25. The summed E-state index contributed by atoms with van der Waals surface area (Å²) in [4.78, 5) is 0. The van der Waals surface area contributed by atoms with Crippen molar-refractivity contribution in [1.29, 1.82) is 0 Å². The molecule has 0 aliphatic rings. The normalized spacial score (nSPS) is 13.6. The van der Waals surface area contributed by atoms with Gasteiger partial charge in [0.15, 0.2) is 0 Å². The largest absolute Gasteiger partial charge is 0.313 e. The van der Waals surface area contributed by atoms with Gasteiger partial charge < -0.3 is 5.32 Å². The maximum atomic E-state index is 13.1. The Morgan fingerprint density at radius 3 is 2.47 bits per heavy atom. The molecule has 1 atom stereocenters. The molecule has 0 aliphatic heterocycles. The maximum absolute atomic E-state index is 13.1. The predicted molar refractivity (Wildman–Crippen MR) is 76.3 cm³/mol. The molecule has 0 saturated carbocycles. The van der Waals surface area contributed by atoms with Crippen molar-refractivity contribution in [3.8, 4) is 0 Å². The van der Waals surface area contributed by atoms with Crippen molar-refractivity contribution in [3.63, 3.8) is 0 Å². The Kier molecular flexibility index (Phi) is 5.31. The van der Waals surface area contributed by atoms with Crippen molar-refractivity contribution in [2.24, 2.45) is 0 Å². The summed E-state index contributed by atoms with van der Waals surface area (Å²) >= 11 is 0. The van der Waals surface area contributed by atoms with Gasteiger partial charge in [0.25, 0.3) is 0 Å². The fourth-order valence-electron chi connectivity index (χ4n) is 1.47. The zero-order valence-electron chi connectivity index (χ0n) is 11.7. The van der Waals surface area contributed by atoms with E-state index in [9.17, 15) is 12.8 Å². The molecule has 1 rings (SSSR count). The summed E-state index contributed by atoms with van der Waals surface area (Å²) in [5.74, 6) is -0.462. The number of sulfonamides is 1. The van der Waals surface area contributed by atoms with Gasteiger partial charge in [-0.15, -0.1) is 0 Å². The second-order valence-corrected chi connectivity index (χ2v) is 7.08. The number of rotatable bonds is 6. The molecule has 4 nitrogen and oxygen atoms in total. The summed E-state index contributed by atoms with van der Waals surface area (Å²) in [6.45, 7) is 7.59. The van der Waals surface area contributed by atoms with E-state index in [1.54, 1.807) is 19.9 Å². The average Bonchev–Trinajstić information content (AvgIpc) is 2.30. The lowest BCUT2D eigenvalue weighted by atomic mass is 10.2. The topological polar surface area (TPSA) is 58.2 Å². The van der Waals surface area contributed by atoms with Gasteiger partial charge in [-0.25, -0.2) is 12.8 Å².